The van der Waals surface area contributed by atoms with E-state index in [1.54, 1.807) is 0 Å². The zero-order valence-corrected chi connectivity index (χ0v) is 18.2. The minimum Gasteiger partial charge on any atom is -0.411 e. The summed E-state index contributed by atoms with van der Waals surface area (Å²) in [5.41, 5.74) is 2.05. The van der Waals surface area contributed by atoms with Gasteiger partial charge >= 0.3 is 0 Å². The zero-order chi connectivity index (χ0) is 20.4. The number of nitrogens with one attached hydrogen (secondary N) is 1. The summed E-state index contributed by atoms with van der Waals surface area (Å²) in [4.78, 5) is 14.3. The van der Waals surface area contributed by atoms with Crippen molar-refractivity contribution >= 4 is 23.4 Å². The highest BCUT2D eigenvalue weighted by molar-refractivity contribution is 7.99. The van der Waals surface area contributed by atoms with E-state index in [1.807, 2.05) is 19.1 Å². The van der Waals surface area contributed by atoms with Gasteiger partial charge in [0, 0.05) is 30.4 Å². The van der Waals surface area contributed by atoms with Crippen LogP contribution in [-0.4, -0.2) is 41.0 Å². The molecule has 28 heavy (non-hydrogen) atoms. The molecule has 0 saturated heterocycles. The number of hydrogen-bond donors (Lipinski definition) is 1. The number of nitrogens with zero attached hydrogens (tertiary/aromatic N) is 3. The smallest absolute Gasteiger partial charge is 0.277 e. The van der Waals surface area contributed by atoms with Gasteiger partial charge in [-0.15, -0.1) is 10.2 Å². The summed E-state index contributed by atoms with van der Waals surface area (Å²) in [6.07, 6.45) is 4.55. The number of anilines is 1. The molecule has 0 aliphatic heterocycles. The second kappa shape index (κ2) is 11.7. The Hall–Kier alpha value is -2.02. The van der Waals surface area contributed by atoms with Crippen molar-refractivity contribution in [3.8, 4) is 11.5 Å². The number of thioether (sulfide) groups is 1. The van der Waals surface area contributed by atoms with Crippen molar-refractivity contribution in [1.29, 1.82) is 0 Å². The van der Waals surface area contributed by atoms with Gasteiger partial charge in [-0.05, 0) is 51.5 Å². The Bertz CT molecular complexity index is 713. The number of carbonyl (C=O) groups excluding carboxylic acids is 1. The SMILES string of the molecule is CCCCCC(C)NC(=O)CSc1nnc(-c2ccc(N(CC)CC)cc2)o1. The van der Waals surface area contributed by atoms with E-state index in [0.29, 0.717) is 11.1 Å². The van der Waals surface area contributed by atoms with Crippen molar-refractivity contribution in [2.45, 2.75) is 64.6 Å². The van der Waals surface area contributed by atoms with E-state index in [9.17, 15) is 4.79 Å². The van der Waals surface area contributed by atoms with E-state index < -0.39 is 0 Å². The van der Waals surface area contributed by atoms with E-state index in [-0.39, 0.29) is 17.7 Å². The normalized spacial score (nSPS) is 12.0. The molecule has 7 heteroatoms. The fourth-order valence-electron chi connectivity index (χ4n) is 3.00. The minimum atomic E-state index is -0.00248. The fourth-order valence-corrected chi connectivity index (χ4v) is 3.58. The molecule has 2 aromatic rings. The first-order valence-corrected chi connectivity index (χ1v) is 11.2. The molecule has 6 nitrogen and oxygen atoms in total. The van der Waals surface area contributed by atoms with E-state index in [2.05, 4.69) is 53.3 Å². The Morgan fingerprint density at radius 2 is 1.86 bits per heavy atom. The first-order chi connectivity index (χ1) is 13.6. The molecule has 1 N–H and O–H groups in total. The lowest BCUT2D eigenvalue weighted by Gasteiger charge is -2.20. The van der Waals surface area contributed by atoms with Gasteiger partial charge in [0.25, 0.3) is 5.22 Å². The number of amides is 1. The summed E-state index contributed by atoms with van der Waals surface area (Å²) in [6, 6.07) is 8.29. The maximum Gasteiger partial charge on any atom is 0.277 e. The highest BCUT2D eigenvalue weighted by atomic mass is 32.2. The molecule has 0 bridgehead atoms. The van der Waals surface area contributed by atoms with E-state index in [0.717, 1.165) is 31.5 Å². The molecular formula is C21H32N4O2S. The first-order valence-electron chi connectivity index (χ1n) is 10.2. The number of aromatic nitrogens is 2. The van der Waals surface area contributed by atoms with Crippen LogP contribution < -0.4 is 10.2 Å². The number of rotatable bonds is 12. The predicted octanol–water partition coefficient (Wildman–Crippen LogP) is 4.76. The summed E-state index contributed by atoms with van der Waals surface area (Å²) in [6.45, 7) is 10.4. The van der Waals surface area contributed by atoms with Crippen molar-refractivity contribution < 1.29 is 9.21 Å². The summed E-state index contributed by atoms with van der Waals surface area (Å²) >= 11 is 1.27. The van der Waals surface area contributed by atoms with Crippen molar-refractivity contribution in [3.05, 3.63) is 24.3 Å². The molecule has 1 aromatic carbocycles. The largest absolute Gasteiger partial charge is 0.411 e. The van der Waals surface area contributed by atoms with Crippen molar-refractivity contribution in [2.24, 2.45) is 0 Å². The van der Waals surface area contributed by atoms with Crippen LogP contribution in [0.1, 0.15) is 53.4 Å². The van der Waals surface area contributed by atoms with Crippen molar-refractivity contribution in [3.63, 3.8) is 0 Å². The Labute approximate surface area is 172 Å². The molecule has 0 fully saturated rings. The molecule has 2 rings (SSSR count). The fraction of sp³-hybridized carbons (Fsp3) is 0.571. The van der Waals surface area contributed by atoms with Gasteiger partial charge in [0.1, 0.15) is 0 Å². The maximum atomic E-state index is 12.1. The number of benzene rings is 1. The van der Waals surface area contributed by atoms with Gasteiger partial charge in [-0.25, -0.2) is 0 Å². The molecule has 154 valence electrons. The summed E-state index contributed by atoms with van der Waals surface area (Å²) < 4.78 is 5.70. The van der Waals surface area contributed by atoms with Gasteiger partial charge in [0.2, 0.25) is 11.8 Å². The topological polar surface area (TPSA) is 71.3 Å². The Kier molecular flexibility index (Phi) is 9.34. The molecular weight excluding hydrogens is 372 g/mol. The molecule has 1 aromatic heterocycles. The van der Waals surface area contributed by atoms with Gasteiger partial charge < -0.3 is 14.6 Å². The molecule has 1 unspecified atom stereocenters. The van der Waals surface area contributed by atoms with Gasteiger partial charge in [-0.1, -0.05) is 37.9 Å². The summed E-state index contributed by atoms with van der Waals surface area (Å²) in [5, 5.41) is 11.6. The molecule has 0 spiro atoms. The average Bonchev–Trinajstić information content (AvgIpc) is 3.17. The van der Waals surface area contributed by atoms with Crippen LogP contribution in [0, 0.1) is 0 Å². The second-order valence-electron chi connectivity index (χ2n) is 6.85. The van der Waals surface area contributed by atoms with Gasteiger partial charge in [-0.3, -0.25) is 4.79 Å². The zero-order valence-electron chi connectivity index (χ0n) is 17.4. The van der Waals surface area contributed by atoms with Crippen LogP contribution in [0.5, 0.6) is 0 Å². The molecule has 0 aliphatic carbocycles. The highest BCUT2D eigenvalue weighted by Crippen LogP contribution is 2.25. The summed E-state index contributed by atoms with van der Waals surface area (Å²) in [5.74, 6) is 0.750. The van der Waals surface area contributed by atoms with E-state index >= 15 is 0 Å². The monoisotopic (exact) mass is 404 g/mol. The van der Waals surface area contributed by atoms with Crippen LogP contribution in [0.2, 0.25) is 0 Å². The quantitative estimate of drug-likeness (QED) is 0.406. The standard InChI is InChI=1S/C21H32N4O2S/c1-5-8-9-10-16(4)22-19(26)15-28-21-24-23-20(27-21)17-11-13-18(14-12-17)25(6-2)7-3/h11-14,16H,5-10,15H2,1-4H3,(H,22,26). The Balaban J connectivity index is 1.84. The molecule has 1 amide bonds. The van der Waals surface area contributed by atoms with Crippen molar-refractivity contribution in [1.82, 2.24) is 15.5 Å². The third kappa shape index (κ3) is 6.86. The Morgan fingerprint density at radius 1 is 1.14 bits per heavy atom. The van der Waals surface area contributed by atoms with Gasteiger partial charge in [-0.2, -0.15) is 0 Å². The second-order valence-corrected chi connectivity index (χ2v) is 7.77. The van der Waals surface area contributed by atoms with Crippen LogP contribution in [0.3, 0.4) is 0 Å². The van der Waals surface area contributed by atoms with E-state index in [1.165, 1.54) is 30.3 Å². The molecule has 0 aliphatic rings. The van der Waals surface area contributed by atoms with Crippen LogP contribution in [0.15, 0.2) is 33.9 Å². The predicted molar refractivity (Wildman–Crippen MR) is 116 cm³/mol. The van der Waals surface area contributed by atoms with Gasteiger partial charge in [0.05, 0.1) is 5.75 Å². The number of hydrogen-bond acceptors (Lipinski definition) is 6. The third-order valence-corrected chi connectivity index (χ3v) is 5.44. The molecule has 1 atom stereocenters. The van der Waals surface area contributed by atoms with Gasteiger partial charge in [0.15, 0.2) is 0 Å². The lowest BCUT2D eigenvalue weighted by Crippen LogP contribution is -2.33. The van der Waals surface area contributed by atoms with Crippen LogP contribution >= 0.6 is 11.8 Å². The average molecular weight is 405 g/mol. The third-order valence-electron chi connectivity index (χ3n) is 4.62. The Morgan fingerprint density at radius 3 is 2.50 bits per heavy atom. The van der Waals surface area contributed by atoms with E-state index in [4.69, 9.17) is 4.42 Å². The molecule has 0 saturated carbocycles. The maximum absolute atomic E-state index is 12.1. The highest BCUT2D eigenvalue weighted by Gasteiger charge is 2.13. The van der Waals surface area contributed by atoms with Crippen molar-refractivity contribution in [2.75, 3.05) is 23.7 Å². The first kappa shape index (κ1) is 22.3. The lowest BCUT2D eigenvalue weighted by molar-refractivity contribution is -0.119. The number of carbonyl (C=O) groups is 1. The molecule has 1 heterocycles. The van der Waals surface area contributed by atoms with Crippen LogP contribution in [0.25, 0.3) is 11.5 Å². The minimum absolute atomic E-state index is 0.00248. The molecule has 0 radical (unpaired) electrons. The van der Waals surface area contributed by atoms with Crippen LogP contribution in [-0.2, 0) is 4.79 Å². The lowest BCUT2D eigenvalue weighted by atomic mass is 10.1. The number of unbranched alkanes of at least 4 members (excludes halogenated alkanes) is 2. The van der Waals surface area contributed by atoms with Crippen LogP contribution in [0.4, 0.5) is 5.69 Å². The summed E-state index contributed by atoms with van der Waals surface area (Å²) in [7, 11) is 0.